The highest BCUT2D eigenvalue weighted by Gasteiger charge is 2.36. The van der Waals surface area contributed by atoms with Gasteiger partial charge in [-0.25, -0.2) is 13.5 Å². The van der Waals surface area contributed by atoms with Gasteiger partial charge in [0.05, 0.1) is 41.4 Å². The van der Waals surface area contributed by atoms with Gasteiger partial charge in [-0.3, -0.25) is 29.6 Å². The van der Waals surface area contributed by atoms with E-state index in [1.165, 1.54) is 17.7 Å². The van der Waals surface area contributed by atoms with Crippen LogP contribution in [0.25, 0.3) is 11.3 Å². The molecule has 5 aliphatic heterocycles. The molecule has 2 aromatic heterocycles. The number of imide groups is 1. The predicted molar refractivity (Wildman–Crippen MR) is 228 cm³/mol. The van der Waals surface area contributed by atoms with Crippen molar-refractivity contribution in [2.45, 2.75) is 58.9 Å². The van der Waals surface area contributed by atoms with Gasteiger partial charge < -0.3 is 24.8 Å². The molecular formula is C45H52F2N10O4. The molecule has 3 fully saturated rings. The fourth-order valence-corrected chi connectivity index (χ4v) is 9.48. The van der Waals surface area contributed by atoms with Crippen LogP contribution in [-0.4, -0.2) is 107 Å². The molecule has 16 heteroatoms. The average Bonchev–Trinajstić information content (AvgIpc) is 3.75. The largest absolute Gasteiger partial charge is 0.477 e. The molecule has 5 aliphatic rings. The summed E-state index contributed by atoms with van der Waals surface area (Å²) in [7, 11) is 1.84. The number of guanidine groups is 1. The zero-order chi connectivity index (χ0) is 42.5. The zero-order valence-electron chi connectivity index (χ0n) is 35.1. The van der Waals surface area contributed by atoms with Crippen molar-refractivity contribution >= 4 is 40.7 Å². The Labute approximate surface area is 353 Å². The standard InChI is InChI=1S/C45H52F2N10O4/c1-26-6-5-15-61-44-34(20-48-53(44)4)38-17-31(16-27(2)49-38)42(59)52-45-50-37-9-7-30(28(3)41(37)57(45)21-26)25-55-13-11-54(12-14-55)22-29-23-56(24-29)32-18-35(46)40(36(47)19-32)33-8-10-39(58)51-43(33)60/h7,9,16-20,26,29,33H,5-6,8,10-15,21-25H2,1-4H3,(H,50,52,59)(H,51,58,60)/t26-,33-/m1/s1. The highest BCUT2D eigenvalue weighted by Crippen LogP contribution is 2.40. The minimum absolute atomic E-state index is 0.0604. The van der Waals surface area contributed by atoms with Crippen LogP contribution in [0.2, 0.25) is 0 Å². The maximum Gasteiger partial charge on any atom is 0.280 e. The molecule has 0 spiro atoms. The summed E-state index contributed by atoms with van der Waals surface area (Å²) in [6.07, 6.45) is 3.66. The van der Waals surface area contributed by atoms with E-state index in [-0.39, 0.29) is 30.2 Å². The van der Waals surface area contributed by atoms with Crippen LogP contribution in [0, 0.1) is 37.3 Å². The quantitative estimate of drug-likeness (QED) is 0.242. The lowest BCUT2D eigenvalue weighted by atomic mass is 9.89. The van der Waals surface area contributed by atoms with Crippen molar-refractivity contribution in [2.24, 2.45) is 23.9 Å². The van der Waals surface area contributed by atoms with E-state index in [1.807, 2.05) is 18.9 Å². The Morgan fingerprint density at radius 2 is 1.67 bits per heavy atom. The second kappa shape index (κ2) is 16.6. The number of aliphatic imine (C=N–C) groups is 1. The van der Waals surface area contributed by atoms with Gasteiger partial charge in [-0.2, -0.15) is 10.1 Å². The third-order valence-electron chi connectivity index (χ3n) is 12.8. The van der Waals surface area contributed by atoms with E-state index in [4.69, 9.17) is 14.7 Å². The lowest BCUT2D eigenvalue weighted by Crippen LogP contribution is -2.54. The van der Waals surface area contributed by atoms with Gasteiger partial charge >= 0.3 is 0 Å². The zero-order valence-corrected chi connectivity index (χ0v) is 35.1. The summed E-state index contributed by atoms with van der Waals surface area (Å²) < 4.78 is 38.3. The van der Waals surface area contributed by atoms with Crippen LogP contribution in [0.3, 0.4) is 0 Å². The van der Waals surface area contributed by atoms with E-state index in [0.29, 0.717) is 66.6 Å². The first-order valence-corrected chi connectivity index (χ1v) is 21.3. The number of halogens is 2. The van der Waals surface area contributed by atoms with Gasteiger partial charge in [0.2, 0.25) is 23.7 Å². The third-order valence-corrected chi connectivity index (χ3v) is 12.8. The number of aromatic nitrogens is 3. The maximum atomic E-state index is 15.2. The molecule has 0 saturated carbocycles. The molecule has 9 rings (SSSR count). The summed E-state index contributed by atoms with van der Waals surface area (Å²) in [6.45, 7) is 14.3. The minimum Gasteiger partial charge on any atom is -0.477 e. The van der Waals surface area contributed by atoms with Crippen LogP contribution in [0.5, 0.6) is 5.88 Å². The number of amides is 3. The number of carbonyl (C=O) groups excluding carboxylic acids is 3. The molecule has 14 nitrogen and oxygen atoms in total. The Kier molecular flexibility index (Phi) is 11.1. The number of piperazine rings is 1. The van der Waals surface area contributed by atoms with Gasteiger partial charge in [-0.15, -0.1) is 0 Å². The number of nitrogens with zero attached hydrogens (tertiary/aromatic N) is 8. The number of rotatable bonds is 6. The summed E-state index contributed by atoms with van der Waals surface area (Å²) in [5.74, 6) is -2.11. The molecular weight excluding hydrogens is 783 g/mol. The number of benzene rings is 2. The SMILES string of the molecule is Cc1cc2cc(n1)-c1cnn(C)c1OCCC[C@@H](C)CN1/C(=N/C2=O)Nc2ccc(CN3CCN(CC4CN(c5cc(F)c([C@H]6CCC(=O)NC6=O)c(F)c5)C4)CC3)c(C)c21. The third kappa shape index (κ3) is 8.22. The van der Waals surface area contributed by atoms with Crippen molar-refractivity contribution in [3.05, 3.63) is 82.2 Å². The molecule has 2 atom stereocenters. The fourth-order valence-electron chi connectivity index (χ4n) is 9.48. The molecule has 2 aromatic carbocycles. The summed E-state index contributed by atoms with van der Waals surface area (Å²) >= 11 is 0. The second-order valence-electron chi connectivity index (χ2n) is 17.4. The Hall–Kier alpha value is -5.74. The average molecular weight is 835 g/mol. The molecule has 0 aliphatic carbocycles. The lowest BCUT2D eigenvalue weighted by molar-refractivity contribution is -0.134. The van der Waals surface area contributed by atoms with Crippen molar-refractivity contribution in [1.29, 1.82) is 0 Å². The molecule has 2 N–H and O–H groups in total. The number of ether oxygens (including phenoxy) is 1. The van der Waals surface area contributed by atoms with Crippen molar-refractivity contribution < 1.29 is 27.9 Å². The van der Waals surface area contributed by atoms with Gasteiger partial charge in [0.1, 0.15) is 11.6 Å². The number of carbonyl (C=O) groups is 3. The fraction of sp³-hybridized carbons (Fsp3) is 0.467. The molecule has 61 heavy (non-hydrogen) atoms. The van der Waals surface area contributed by atoms with Gasteiger partial charge in [0.15, 0.2) is 0 Å². The number of hydrogen-bond donors (Lipinski definition) is 2. The second-order valence-corrected chi connectivity index (χ2v) is 17.4. The van der Waals surface area contributed by atoms with Crippen molar-refractivity contribution in [3.63, 3.8) is 0 Å². The number of nitrogens with one attached hydrogen (secondary N) is 2. The summed E-state index contributed by atoms with van der Waals surface area (Å²) in [6, 6.07) is 10.4. The molecule has 0 radical (unpaired) electrons. The lowest BCUT2D eigenvalue weighted by Gasteiger charge is -2.45. The van der Waals surface area contributed by atoms with Crippen molar-refractivity contribution in [3.8, 4) is 17.1 Å². The van der Waals surface area contributed by atoms with E-state index in [9.17, 15) is 14.4 Å². The number of pyridine rings is 1. The van der Waals surface area contributed by atoms with E-state index >= 15 is 8.78 Å². The Morgan fingerprint density at radius 3 is 2.43 bits per heavy atom. The van der Waals surface area contributed by atoms with E-state index in [2.05, 4.69) is 56.4 Å². The number of piperidine rings is 1. The first-order chi connectivity index (χ1) is 29.4. The number of fused-ring (bicyclic) bond motifs is 7. The molecule has 3 saturated heterocycles. The summed E-state index contributed by atoms with van der Waals surface area (Å²) in [5.41, 5.74) is 7.11. The smallest absolute Gasteiger partial charge is 0.280 e. The van der Waals surface area contributed by atoms with Crippen LogP contribution in [0.15, 0.2) is 47.6 Å². The molecule has 7 heterocycles. The molecule has 3 amide bonds. The summed E-state index contributed by atoms with van der Waals surface area (Å²) in [5, 5.41) is 10.1. The summed E-state index contributed by atoms with van der Waals surface area (Å²) in [4.78, 5) is 56.2. The maximum absolute atomic E-state index is 15.2. The molecule has 320 valence electrons. The van der Waals surface area contributed by atoms with Crippen LogP contribution in [0.4, 0.5) is 25.8 Å². The predicted octanol–water partition coefficient (Wildman–Crippen LogP) is 5.39. The van der Waals surface area contributed by atoms with E-state index in [1.54, 1.807) is 23.0 Å². The number of hydrogen-bond acceptors (Lipinski definition) is 11. The first-order valence-electron chi connectivity index (χ1n) is 21.3. The number of anilines is 3. The molecule has 0 unspecified atom stereocenters. The monoisotopic (exact) mass is 834 g/mol. The highest BCUT2D eigenvalue weighted by atomic mass is 19.1. The van der Waals surface area contributed by atoms with Crippen molar-refractivity contribution in [1.82, 2.24) is 29.9 Å². The number of aryl methyl sites for hydroxylation is 2. The highest BCUT2D eigenvalue weighted by molar-refractivity contribution is 6.19. The normalized spacial score (nSPS) is 22.5. The van der Waals surface area contributed by atoms with Gasteiger partial charge in [0, 0.05) is 101 Å². The molecule has 2 bridgehead atoms. The van der Waals surface area contributed by atoms with Crippen LogP contribution in [-0.2, 0) is 23.2 Å². The Bertz CT molecular complexity index is 2400. The van der Waals surface area contributed by atoms with Crippen molar-refractivity contribution in [2.75, 3.05) is 74.1 Å². The van der Waals surface area contributed by atoms with Crippen LogP contribution >= 0.6 is 0 Å². The van der Waals surface area contributed by atoms with Gasteiger partial charge in [0.25, 0.3) is 5.91 Å². The van der Waals surface area contributed by atoms with Gasteiger partial charge in [-0.1, -0.05) is 13.0 Å². The van der Waals surface area contributed by atoms with Gasteiger partial charge in [-0.05, 0) is 80.5 Å². The van der Waals surface area contributed by atoms with Crippen LogP contribution < -0.4 is 25.2 Å². The first kappa shape index (κ1) is 40.7. The minimum atomic E-state index is -1.00. The topological polar surface area (TPSA) is 141 Å². The van der Waals surface area contributed by atoms with E-state index in [0.717, 1.165) is 74.6 Å². The van der Waals surface area contributed by atoms with E-state index < -0.39 is 29.4 Å². The van der Waals surface area contributed by atoms with Crippen LogP contribution in [0.1, 0.15) is 71.3 Å². The Balaban J connectivity index is 0.834. The molecule has 4 aromatic rings. The Morgan fingerprint density at radius 1 is 0.918 bits per heavy atom.